The zero-order chi connectivity index (χ0) is 12.2. The SMILES string of the molecule is CCOC(=O)c1cc(OCC(F)(F)F)n[nH]1. The van der Waals surface area contributed by atoms with Crippen LogP contribution in [0.25, 0.3) is 0 Å². The third-order valence-electron chi connectivity index (χ3n) is 1.43. The Morgan fingerprint density at radius 2 is 2.25 bits per heavy atom. The number of hydrogen-bond acceptors (Lipinski definition) is 4. The summed E-state index contributed by atoms with van der Waals surface area (Å²) in [5.74, 6) is -1.00. The summed E-state index contributed by atoms with van der Waals surface area (Å²) < 4.78 is 44.2. The second-order valence-corrected chi connectivity index (χ2v) is 2.74. The maximum Gasteiger partial charge on any atom is 0.422 e. The molecule has 90 valence electrons. The third-order valence-corrected chi connectivity index (χ3v) is 1.43. The summed E-state index contributed by atoms with van der Waals surface area (Å²) in [6.07, 6.45) is -4.44. The lowest BCUT2D eigenvalue weighted by molar-refractivity contribution is -0.154. The smallest absolute Gasteiger partial charge is 0.422 e. The predicted octanol–water partition coefficient (Wildman–Crippen LogP) is 1.53. The summed E-state index contributed by atoms with van der Waals surface area (Å²) in [7, 11) is 0. The lowest BCUT2D eigenvalue weighted by atomic mass is 10.4. The number of nitrogens with zero attached hydrogens (tertiary/aromatic N) is 1. The minimum Gasteiger partial charge on any atom is -0.467 e. The van der Waals surface area contributed by atoms with Crippen molar-refractivity contribution in [1.29, 1.82) is 0 Å². The fourth-order valence-electron chi connectivity index (χ4n) is 0.846. The number of ether oxygens (including phenoxy) is 2. The molecule has 0 saturated heterocycles. The average Bonchev–Trinajstić information content (AvgIpc) is 2.62. The van der Waals surface area contributed by atoms with E-state index in [0.717, 1.165) is 6.07 Å². The molecule has 0 amide bonds. The summed E-state index contributed by atoms with van der Waals surface area (Å²) in [5, 5.41) is 5.58. The van der Waals surface area contributed by atoms with Gasteiger partial charge in [0.25, 0.3) is 0 Å². The van der Waals surface area contributed by atoms with Crippen molar-refractivity contribution in [3.63, 3.8) is 0 Å². The van der Waals surface area contributed by atoms with Gasteiger partial charge in [-0.2, -0.15) is 13.2 Å². The molecule has 1 aromatic heterocycles. The van der Waals surface area contributed by atoms with Gasteiger partial charge in [-0.05, 0) is 6.92 Å². The molecule has 0 unspecified atom stereocenters. The monoisotopic (exact) mass is 238 g/mol. The van der Waals surface area contributed by atoms with Crippen LogP contribution in [0, 0.1) is 0 Å². The molecule has 0 atom stereocenters. The Kier molecular flexibility index (Phi) is 3.75. The highest BCUT2D eigenvalue weighted by molar-refractivity contribution is 5.87. The first kappa shape index (κ1) is 12.3. The van der Waals surface area contributed by atoms with Gasteiger partial charge in [0.15, 0.2) is 6.61 Å². The summed E-state index contributed by atoms with van der Waals surface area (Å²) in [6.45, 7) is 0.312. The molecule has 5 nitrogen and oxygen atoms in total. The molecule has 0 aliphatic carbocycles. The quantitative estimate of drug-likeness (QED) is 0.808. The number of esters is 1. The molecular formula is C8H9F3N2O3. The number of halogens is 3. The van der Waals surface area contributed by atoms with Crippen LogP contribution in [0.1, 0.15) is 17.4 Å². The van der Waals surface area contributed by atoms with Gasteiger partial charge in [-0.1, -0.05) is 0 Å². The maximum atomic E-state index is 11.8. The lowest BCUT2D eigenvalue weighted by Crippen LogP contribution is -2.19. The molecule has 1 heterocycles. The molecule has 0 radical (unpaired) electrons. The standard InChI is InChI=1S/C8H9F3N2O3/c1-2-15-7(14)5-3-6(13-12-5)16-4-8(9,10)11/h3H,2,4H2,1H3,(H,12,13). The van der Waals surface area contributed by atoms with Crippen molar-refractivity contribution >= 4 is 5.97 Å². The van der Waals surface area contributed by atoms with E-state index in [4.69, 9.17) is 0 Å². The van der Waals surface area contributed by atoms with Crippen molar-refractivity contribution in [3.8, 4) is 5.88 Å². The highest BCUT2D eigenvalue weighted by Crippen LogP contribution is 2.17. The van der Waals surface area contributed by atoms with Gasteiger partial charge >= 0.3 is 12.1 Å². The van der Waals surface area contributed by atoms with Gasteiger partial charge in [-0.3, -0.25) is 5.10 Å². The minimum absolute atomic E-state index is 0.0565. The number of rotatable bonds is 4. The minimum atomic E-state index is -4.44. The van der Waals surface area contributed by atoms with Gasteiger partial charge in [-0.25, -0.2) is 4.79 Å². The van der Waals surface area contributed by atoms with Gasteiger partial charge in [-0.15, -0.1) is 5.10 Å². The normalized spacial score (nSPS) is 11.2. The first-order valence-corrected chi connectivity index (χ1v) is 4.34. The Bertz CT molecular complexity index is 362. The molecule has 0 fully saturated rings. The maximum absolute atomic E-state index is 11.8. The molecule has 0 aliphatic rings. The van der Waals surface area contributed by atoms with Crippen LogP contribution in [-0.4, -0.2) is 35.6 Å². The van der Waals surface area contributed by atoms with Crippen LogP contribution in [0.5, 0.6) is 5.88 Å². The van der Waals surface area contributed by atoms with Crippen molar-refractivity contribution in [2.75, 3.05) is 13.2 Å². The van der Waals surface area contributed by atoms with E-state index in [1.807, 2.05) is 0 Å². The van der Waals surface area contributed by atoms with Crippen LogP contribution in [0.4, 0.5) is 13.2 Å². The molecule has 0 aliphatic heterocycles. The first-order chi connectivity index (χ1) is 7.42. The van der Waals surface area contributed by atoms with E-state index >= 15 is 0 Å². The number of alkyl halides is 3. The van der Waals surface area contributed by atoms with Crippen LogP contribution in [-0.2, 0) is 4.74 Å². The summed E-state index contributed by atoms with van der Waals surface area (Å²) in [4.78, 5) is 11.1. The Morgan fingerprint density at radius 3 is 2.81 bits per heavy atom. The predicted molar refractivity (Wildman–Crippen MR) is 46.1 cm³/mol. The van der Waals surface area contributed by atoms with Crippen molar-refractivity contribution in [2.45, 2.75) is 13.1 Å². The number of nitrogens with one attached hydrogen (secondary N) is 1. The Labute approximate surface area is 88.5 Å². The fraction of sp³-hybridized carbons (Fsp3) is 0.500. The number of carbonyl (C=O) groups excluding carboxylic acids is 1. The van der Waals surface area contributed by atoms with Crippen molar-refractivity contribution < 1.29 is 27.4 Å². The van der Waals surface area contributed by atoms with Crippen LogP contribution in [0.3, 0.4) is 0 Å². The third kappa shape index (κ3) is 3.79. The number of hydrogen-bond donors (Lipinski definition) is 1. The molecule has 8 heteroatoms. The molecule has 16 heavy (non-hydrogen) atoms. The molecule has 1 rings (SSSR count). The van der Waals surface area contributed by atoms with Gasteiger partial charge in [0.2, 0.25) is 5.88 Å². The molecule has 0 saturated carbocycles. The van der Waals surface area contributed by atoms with Crippen LogP contribution in [0.15, 0.2) is 6.07 Å². The highest BCUT2D eigenvalue weighted by atomic mass is 19.4. The average molecular weight is 238 g/mol. The van der Waals surface area contributed by atoms with E-state index in [1.165, 1.54) is 0 Å². The second kappa shape index (κ2) is 4.86. The Hall–Kier alpha value is -1.73. The van der Waals surface area contributed by atoms with Crippen LogP contribution in [0.2, 0.25) is 0 Å². The summed E-state index contributed by atoms with van der Waals surface area (Å²) in [6, 6.07) is 1.05. The molecule has 1 N–H and O–H groups in total. The van der Waals surface area contributed by atoms with Gasteiger partial charge < -0.3 is 9.47 Å². The van der Waals surface area contributed by atoms with E-state index in [9.17, 15) is 18.0 Å². The van der Waals surface area contributed by atoms with Gasteiger partial charge in [0, 0.05) is 6.07 Å². The Balaban J connectivity index is 2.55. The van der Waals surface area contributed by atoms with Crippen molar-refractivity contribution in [2.24, 2.45) is 0 Å². The van der Waals surface area contributed by atoms with Crippen molar-refractivity contribution in [3.05, 3.63) is 11.8 Å². The number of aromatic amines is 1. The fourth-order valence-corrected chi connectivity index (χ4v) is 0.846. The topological polar surface area (TPSA) is 64.2 Å². The summed E-state index contributed by atoms with van der Waals surface area (Å²) >= 11 is 0. The van der Waals surface area contributed by atoms with E-state index in [-0.39, 0.29) is 18.2 Å². The molecule has 0 aromatic carbocycles. The number of aromatic nitrogens is 2. The van der Waals surface area contributed by atoms with E-state index < -0.39 is 18.8 Å². The lowest BCUT2D eigenvalue weighted by Gasteiger charge is -2.05. The van der Waals surface area contributed by atoms with E-state index in [1.54, 1.807) is 6.92 Å². The molecular weight excluding hydrogens is 229 g/mol. The first-order valence-electron chi connectivity index (χ1n) is 4.34. The van der Waals surface area contributed by atoms with E-state index in [0.29, 0.717) is 0 Å². The van der Waals surface area contributed by atoms with Crippen LogP contribution < -0.4 is 4.74 Å². The van der Waals surface area contributed by atoms with Crippen LogP contribution >= 0.6 is 0 Å². The molecule has 0 bridgehead atoms. The number of H-pyrrole nitrogens is 1. The van der Waals surface area contributed by atoms with Gasteiger partial charge in [0.1, 0.15) is 5.69 Å². The zero-order valence-corrected chi connectivity index (χ0v) is 8.30. The number of carbonyl (C=O) groups is 1. The van der Waals surface area contributed by atoms with Crippen molar-refractivity contribution in [1.82, 2.24) is 10.2 Å². The van der Waals surface area contributed by atoms with E-state index in [2.05, 4.69) is 19.7 Å². The molecule has 1 aromatic rings. The highest BCUT2D eigenvalue weighted by Gasteiger charge is 2.29. The second-order valence-electron chi connectivity index (χ2n) is 2.74. The Morgan fingerprint density at radius 1 is 1.56 bits per heavy atom. The molecule has 0 spiro atoms. The summed E-state index contributed by atoms with van der Waals surface area (Å²) in [5.41, 5.74) is -0.0565. The van der Waals surface area contributed by atoms with Gasteiger partial charge in [0.05, 0.1) is 6.61 Å². The largest absolute Gasteiger partial charge is 0.467 e. The zero-order valence-electron chi connectivity index (χ0n) is 8.30.